The van der Waals surface area contributed by atoms with E-state index in [0.717, 1.165) is 5.69 Å². The van der Waals surface area contributed by atoms with E-state index in [1.807, 2.05) is 0 Å². The highest BCUT2D eigenvalue weighted by molar-refractivity contribution is 5.89. The zero-order valence-electron chi connectivity index (χ0n) is 8.86. The molecule has 0 bridgehead atoms. The second-order valence-electron chi connectivity index (χ2n) is 3.30. The monoisotopic (exact) mass is 209 g/mol. The van der Waals surface area contributed by atoms with Crippen LogP contribution in [0.15, 0.2) is 24.3 Å². The van der Waals surface area contributed by atoms with Gasteiger partial charge in [0.1, 0.15) is 0 Å². The molecule has 0 aromatic heterocycles. The van der Waals surface area contributed by atoms with Crippen molar-refractivity contribution in [2.24, 2.45) is 0 Å². The lowest BCUT2D eigenvalue weighted by molar-refractivity contribution is 0.0601. The van der Waals surface area contributed by atoms with Crippen LogP contribution in [0.5, 0.6) is 0 Å². The number of benzene rings is 1. The van der Waals surface area contributed by atoms with E-state index >= 15 is 0 Å². The summed E-state index contributed by atoms with van der Waals surface area (Å²) in [7, 11) is 1.35. The van der Waals surface area contributed by atoms with Gasteiger partial charge in [-0.1, -0.05) is 0 Å². The maximum atomic E-state index is 11.1. The Hall–Kier alpha value is -1.55. The highest BCUT2D eigenvalue weighted by Gasteiger charge is 2.04. The number of esters is 1. The van der Waals surface area contributed by atoms with Crippen molar-refractivity contribution >= 4 is 11.7 Å². The number of aliphatic hydroxyl groups is 1. The van der Waals surface area contributed by atoms with Gasteiger partial charge in [0, 0.05) is 12.2 Å². The van der Waals surface area contributed by atoms with Gasteiger partial charge in [0.2, 0.25) is 0 Å². The van der Waals surface area contributed by atoms with Crippen LogP contribution in [0.2, 0.25) is 0 Å². The molecule has 0 saturated heterocycles. The van der Waals surface area contributed by atoms with Crippen molar-refractivity contribution in [3.05, 3.63) is 29.8 Å². The summed E-state index contributed by atoms with van der Waals surface area (Å²) in [5, 5.41) is 12.1. The number of ether oxygens (including phenoxy) is 1. The summed E-state index contributed by atoms with van der Waals surface area (Å²) < 4.78 is 4.57. The molecule has 0 heterocycles. The van der Waals surface area contributed by atoms with Crippen LogP contribution in [0.1, 0.15) is 17.3 Å². The lowest BCUT2D eigenvalue weighted by atomic mass is 10.2. The Kier molecular flexibility index (Phi) is 4.12. The van der Waals surface area contributed by atoms with Crippen molar-refractivity contribution in [3.63, 3.8) is 0 Å². The third-order valence-electron chi connectivity index (χ3n) is 1.91. The Bertz CT molecular complexity index is 319. The zero-order valence-corrected chi connectivity index (χ0v) is 8.86. The second kappa shape index (κ2) is 5.36. The third-order valence-corrected chi connectivity index (χ3v) is 1.91. The molecule has 4 nitrogen and oxygen atoms in total. The average molecular weight is 209 g/mol. The molecule has 1 rings (SSSR count). The molecule has 82 valence electrons. The van der Waals surface area contributed by atoms with Crippen LogP contribution in [-0.4, -0.2) is 30.8 Å². The standard InChI is InChI=1S/C11H15NO3/c1-8(13)7-12-10-5-3-9(4-6-10)11(14)15-2/h3-6,8,12-13H,7H2,1-2H3. The molecule has 0 aliphatic rings. The van der Waals surface area contributed by atoms with Gasteiger partial charge in [-0.05, 0) is 31.2 Å². The van der Waals surface area contributed by atoms with E-state index in [9.17, 15) is 4.79 Å². The number of aliphatic hydroxyl groups excluding tert-OH is 1. The molecule has 15 heavy (non-hydrogen) atoms. The molecule has 1 atom stereocenters. The maximum absolute atomic E-state index is 11.1. The third kappa shape index (κ3) is 3.59. The largest absolute Gasteiger partial charge is 0.465 e. The Labute approximate surface area is 88.9 Å². The Morgan fingerprint density at radius 2 is 2.07 bits per heavy atom. The zero-order chi connectivity index (χ0) is 11.3. The summed E-state index contributed by atoms with van der Waals surface area (Å²) in [5.74, 6) is -0.350. The summed E-state index contributed by atoms with van der Waals surface area (Å²) in [6.45, 7) is 2.19. The normalized spacial score (nSPS) is 11.9. The molecule has 0 radical (unpaired) electrons. The number of nitrogens with one attached hydrogen (secondary N) is 1. The average Bonchev–Trinajstić information content (AvgIpc) is 2.26. The number of hydrogen-bond acceptors (Lipinski definition) is 4. The van der Waals surface area contributed by atoms with E-state index in [-0.39, 0.29) is 5.97 Å². The molecule has 0 fully saturated rings. The minimum atomic E-state index is -0.398. The van der Waals surface area contributed by atoms with E-state index in [1.54, 1.807) is 31.2 Å². The Morgan fingerprint density at radius 1 is 1.47 bits per heavy atom. The van der Waals surface area contributed by atoms with Crippen molar-refractivity contribution in [2.75, 3.05) is 19.0 Å². The van der Waals surface area contributed by atoms with E-state index < -0.39 is 6.10 Å². The number of hydrogen-bond donors (Lipinski definition) is 2. The molecule has 2 N–H and O–H groups in total. The van der Waals surface area contributed by atoms with Crippen LogP contribution in [0, 0.1) is 0 Å². The molecule has 0 amide bonds. The van der Waals surface area contributed by atoms with Crippen LogP contribution in [-0.2, 0) is 4.74 Å². The van der Waals surface area contributed by atoms with Crippen molar-refractivity contribution in [2.45, 2.75) is 13.0 Å². The van der Waals surface area contributed by atoms with Crippen molar-refractivity contribution in [1.82, 2.24) is 0 Å². The molecule has 0 aliphatic carbocycles. The smallest absolute Gasteiger partial charge is 0.337 e. The molecule has 1 unspecified atom stereocenters. The SMILES string of the molecule is COC(=O)c1ccc(NCC(C)O)cc1. The van der Waals surface area contributed by atoms with Crippen molar-refractivity contribution in [3.8, 4) is 0 Å². The summed E-state index contributed by atoms with van der Waals surface area (Å²) in [5.41, 5.74) is 1.38. The molecule has 1 aromatic rings. The van der Waals surface area contributed by atoms with Gasteiger partial charge < -0.3 is 15.2 Å². The first-order chi connectivity index (χ1) is 7.13. The number of rotatable bonds is 4. The predicted octanol–water partition coefficient (Wildman–Crippen LogP) is 1.27. The molecule has 0 spiro atoms. The summed E-state index contributed by atoms with van der Waals surface area (Å²) in [6, 6.07) is 6.90. The molecule has 0 aliphatic heterocycles. The van der Waals surface area contributed by atoms with Gasteiger partial charge in [0.25, 0.3) is 0 Å². The molecule has 4 heteroatoms. The minimum Gasteiger partial charge on any atom is -0.465 e. The number of carbonyl (C=O) groups excluding carboxylic acids is 1. The lowest BCUT2D eigenvalue weighted by Gasteiger charge is -2.08. The summed E-state index contributed by atoms with van der Waals surface area (Å²) in [4.78, 5) is 11.1. The first-order valence-corrected chi connectivity index (χ1v) is 4.74. The lowest BCUT2D eigenvalue weighted by Crippen LogP contribution is -2.15. The van der Waals surface area contributed by atoms with Gasteiger partial charge in [-0.15, -0.1) is 0 Å². The van der Waals surface area contributed by atoms with Crippen molar-refractivity contribution < 1.29 is 14.6 Å². The van der Waals surface area contributed by atoms with Crippen LogP contribution < -0.4 is 5.32 Å². The van der Waals surface area contributed by atoms with Gasteiger partial charge in [-0.25, -0.2) is 4.79 Å². The Morgan fingerprint density at radius 3 is 2.53 bits per heavy atom. The second-order valence-corrected chi connectivity index (χ2v) is 3.30. The minimum absolute atomic E-state index is 0.350. The predicted molar refractivity (Wildman–Crippen MR) is 58.0 cm³/mol. The highest BCUT2D eigenvalue weighted by Crippen LogP contribution is 2.10. The molecular weight excluding hydrogens is 194 g/mol. The molecular formula is C11H15NO3. The van der Waals surface area contributed by atoms with Gasteiger partial charge in [-0.3, -0.25) is 0 Å². The van der Waals surface area contributed by atoms with Crippen LogP contribution in [0.3, 0.4) is 0 Å². The quantitative estimate of drug-likeness (QED) is 0.733. The van der Waals surface area contributed by atoms with Crippen LogP contribution >= 0.6 is 0 Å². The topological polar surface area (TPSA) is 58.6 Å². The number of anilines is 1. The van der Waals surface area contributed by atoms with E-state index in [2.05, 4.69) is 10.1 Å². The van der Waals surface area contributed by atoms with Gasteiger partial charge in [0.05, 0.1) is 18.8 Å². The number of carbonyl (C=O) groups is 1. The Balaban J connectivity index is 2.60. The fourth-order valence-corrected chi connectivity index (χ4v) is 1.11. The number of methoxy groups -OCH3 is 1. The van der Waals surface area contributed by atoms with Gasteiger partial charge in [-0.2, -0.15) is 0 Å². The van der Waals surface area contributed by atoms with Crippen molar-refractivity contribution in [1.29, 1.82) is 0 Å². The first kappa shape index (κ1) is 11.5. The van der Waals surface area contributed by atoms with Gasteiger partial charge >= 0.3 is 5.97 Å². The van der Waals surface area contributed by atoms with Crippen LogP contribution in [0.25, 0.3) is 0 Å². The van der Waals surface area contributed by atoms with E-state index in [0.29, 0.717) is 12.1 Å². The van der Waals surface area contributed by atoms with E-state index in [1.165, 1.54) is 7.11 Å². The summed E-state index contributed by atoms with van der Waals surface area (Å²) >= 11 is 0. The fourth-order valence-electron chi connectivity index (χ4n) is 1.11. The molecule has 0 saturated carbocycles. The maximum Gasteiger partial charge on any atom is 0.337 e. The summed E-state index contributed by atoms with van der Waals surface area (Å²) in [6.07, 6.45) is -0.398. The molecule has 1 aromatic carbocycles. The fraction of sp³-hybridized carbons (Fsp3) is 0.364. The highest BCUT2D eigenvalue weighted by atomic mass is 16.5. The first-order valence-electron chi connectivity index (χ1n) is 4.74. The van der Waals surface area contributed by atoms with Crippen LogP contribution in [0.4, 0.5) is 5.69 Å². The van der Waals surface area contributed by atoms with E-state index in [4.69, 9.17) is 5.11 Å². The van der Waals surface area contributed by atoms with Gasteiger partial charge in [0.15, 0.2) is 0 Å².